The molecule has 0 saturated carbocycles. The van der Waals surface area contributed by atoms with Crippen LogP contribution in [0.4, 0.5) is 8.78 Å². The van der Waals surface area contributed by atoms with Crippen molar-refractivity contribution in [2.45, 2.75) is 12.6 Å². The zero-order valence-electron chi connectivity index (χ0n) is 8.70. The highest BCUT2D eigenvalue weighted by molar-refractivity contribution is 7.89. The van der Waals surface area contributed by atoms with Crippen molar-refractivity contribution >= 4 is 15.9 Å². The van der Waals surface area contributed by atoms with E-state index in [1.54, 1.807) is 4.72 Å². The summed E-state index contributed by atoms with van der Waals surface area (Å²) in [5.74, 6) is -3.36. The molecule has 0 aromatic carbocycles. The largest absolute Gasteiger partial charge is 0.273 e. The molecule has 0 aromatic heterocycles. The topological polar surface area (TPSA) is 63.2 Å². The summed E-state index contributed by atoms with van der Waals surface area (Å²) in [5, 5.41) is 0. The van der Waals surface area contributed by atoms with Crippen LogP contribution in [0.1, 0.15) is 6.92 Å². The first-order chi connectivity index (χ1) is 7.12. The lowest BCUT2D eigenvalue weighted by atomic mass is 9.86. The van der Waals surface area contributed by atoms with Crippen molar-refractivity contribution in [3.8, 4) is 0 Å². The van der Waals surface area contributed by atoms with Crippen molar-refractivity contribution in [2.75, 3.05) is 6.26 Å². The number of nitrogens with one attached hydrogen (secondary N) is 1. The lowest BCUT2D eigenvalue weighted by Gasteiger charge is -2.26. The van der Waals surface area contributed by atoms with Gasteiger partial charge in [-0.15, -0.1) is 0 Å². The van der Waals surface area contributed by atoms with E-state index in [9.17, 15) is 22.0 Å². The van der Waals surface area contributed by atoms with Gasteiger partial charge in [0.25, 0.3) is 0 Å². The van der Waals surface area contributed by atoms with Crippen LogP contribution in [-0.4, -0.2) is 26.2 Å². The van der Waals surface area contributed by atoms with Gasteiger partial charge in [-0.3, -0.25) is 9.52 Å². The third kappa shape index (κ3) is 3.13. The highest BCUT2D eigenvalue weighted by Gasteiger charge is 2.39. The molecule has 0 radical (unpaired) electrons. The van der Waals surface area contributed by atoms with E-state index < -0.39 is 33.3 Å². The SMILES string of the molecule is CC1(F)C=CC(F)=CC1C(=O)NS(C)(=O)=O. The van der Waals surface area contributed by atoms with Crippen molar-refractivity contribution in [1.82, 2.24) is 4.72 Å². The van der Waals surface area contributed by atoms with E-state index in [0.717, 1.165) is 31.4 Å². The van der Waals surface area contributed by atoms with Crippen molar-refractivity contribution in [1.29, 1.82) is 0 Å². The number of sulfonamides is 1. The van der Waals surface area contributed by atoms with Crippen LogP contribution in [0.25, 0.3) is 0 Å². The summed E-state index contributed by atoms with van der Waals surface area (Å²) >= 11 is 0. The Morgan fingerprint density at radius 2 is 2.12 bits per heavy atom. The summed E-state index contributed by atoms with van der Waals surface area (Å²) < 4.78 is 49.8. The van der Waals surface area contributed by atoms with E-state index in [1.165, 1.54) is 0 Å². The number of alkyl halides is 1. The van der Waals surface area contributed by atoms with Crippen LogP contribution in [-0.2, 0) is 14.8 Å². The Labute approximate surface area is 92.1 Å². The summed E-state index contributed by atoms with van der Waals surface area (Å²) in [5.41, 5.74) is -2.11. The fourth-order valence-electron chi connectivity index (χ4n) is 1.30. The van der Waals surface area contributed by atoms with Crippen molar-refractivity contribution in [3.05, 3.63) is 24.1 Å². The van der Waals surface area contributed by atoms with Crippen LogP contribution in [0.15, 0.2) is 24.1 Å². The van der Waals surface area contributed by atoms with Gasteiger partial charge in [0.05, 0.1) is 12.2 Å². The second-order valence-electron chi connectivity index (χ2n) is 3.75. The zero-order valence-corrected chi connectivity index (χ0v) is 9.51. The molecule has 4 nitrogen and oxygen atoms in total. The average Bonchev–Trinajstić information content (AvgIpc) is 2.06. The van der Waals surface area contributed by atoms with E-state index in [1.807, 2.05) is 0 Å². The molecule has 0 bridgehead atoms. The van der Waals surface area contributed by atoms with Gasteiger partial charge < -0.3 is 0 Å². The predicted molar refractivity (Wildman–Crippen MR) is 54.3 cm³/mol. The second kappa shape index (κ2) is 3.97. The van der Waals surface area contributed by atoms with Gasteiger partial charge >= 0.3 is 0 Å². The third-order valence-corrected chi connectivity index (χ3v) is 2.64. The maximum absolute atomic E-state index is 13.8. The average molecular weight is 251 g/mol. The first-order valence-corrected chi connectivity index (χ1v) is 6.28. The standard InChI is InChI=1S/C9H11F2NO3S/c1-9(11)4-3-6(10)5-7(9)8(13)12-16(2,14)15/h3-5,7H,1-2H3,(H,12,13). The van der Waals surface area contributed by atoms with Crippen molar-refractivity contribution < 1.29 is 22.0 Å². The molecular formula is C9H11F2NO3S. The molecule has 0 spiro atoms. The summed E-state index contributed by atoms with van der Waals surface area (Å²) in [7, 11) is -3.78. The van der Waals surface area contributed by atoms with Crippen molar-refractivity contribution in [3.63, 3.8) is 0 Å². The highest BCUT2D eigenvalue weighted by Crippen LogP contribution is 2.31. The number of carbonyl (C=O) groups is 1. The molecule has 0 aromatic rings. The van der Waals surface area contributed by atoms with Gasteiger partial charge in [0.15, 0.2) is 0 Å². The van der Waals surface area contributed by atoms with E-state index in [2.05, 4.69) is 0 Å². The molecule has 2 unspecified atom stereocenters. The zero-order chi connectivity index (χ0) is 12.6. The predicted octanol–water partition coefficient (Wildman–Crippen LogP) is 0.830. The Morgan fingerprint density at radius 1 is 1.56 bits per heavy atom. The normalized spacial score (nSPS) is 29.8. The van der Waals surface area contributed by atoms with Crippen LogP contribution < -0.4 is 4.72 Å². The van der Waals surface area contributed by atoms with Gasteiger partial charge in [-0.2, -0.15) is 0 Å². The first-order valence-electron chi connectivity index (χ1n) is 4.39. The molecule has 16 heavy (non-hydrogen) atoms. The van der Waals surface area contributed by atoms with Crippen LogP contribution >= 0.6 is 0 Å². The third-order valence-electron chi connectivity index (χ3n) is 2.07. The fourth-order valence-corrected chi connectivity index (χ4v) is 1.79. The minimum atomic E-state index is -3.78. The highest BCUT2D eigenvalue weighted by atomic mass is 32.2. The van der Waals surface area contributed by atoms with Gasteiger partial charge in [-0.05, 0) is 25.2 Å². The minimum absolute atomic E-state index is 0.751. The number of halogens is 2. The van der Waals surface area contributed by atoms with Gasteiger partial charge in [0.1, 0.15) is 11.5 Å². The van der Waals surface area contributed by atoms with Crippen LogP contribution in [0.5, 0.6) is 0 Å². The van der Waals surface area contributed by atoms with E-state index >= 15 is 0 Å². The molecule has 2 atom stereocenters. The molecule has 0 fully saturated rings. The second-order valence-corrected chi connectivity index (χ2v) is 5.50. The molecule has 1 aliphatic rings. The minimum Gasteiger partial charge on any atom is -0.273 e. The number of allylic oxidation sites excluding steroid dienone is 3. The Hall–Kier alpha value is -1.24. The summed E-state index contributed by atoms with van der Waals surface area (Å²) in [6, 6.07) is 0. The molecule has 90 valence electrons. The fraction of sp³-hybridized carbons (Fsp3) is 0.444. The molecule has 1 amide bonds. The molecule has 7 heteroatoms. The Bertz CT molecular complexity index is 465. The summed E-state index contributed by atoms with van der Waals surface area (Å²) in [4.78, 5) is 11.4. The lowest BCUT2D eigenvalue weighted by molar-refractivity contribution is -0.124. The number of amides is 1. The molecular weight excluding hydrogens is 240 g/mol. The molecule has 0 aliphatic heterocycles. The molecule has 1 aliphatic carbocycles. The molecule has 1 N–H and O–H groups in total. The number of hydrogen-bond acceptors (Lipinski definition) is 3. The van der Waals surface area contributed by atoms with Gasteiger partial charge in [-0.25, -0.2) is 17.2 Å². The monoisotopic (exact) mass is 251 g/mol. The van der Waals surface area contributed by atoms with Gasteiger partial charge in [0.2, 0.25) is 15.9 Å². The lowest BCUT2D eigenvalue weighted by Crippen LogP contribution is -2.43. The van der Waals surface area contributed by atoms with Gasteiger partial charge in [0, 0.05) is 0 Å². The van der Waals surface area contributed by atoms with E-state index in [-0.39, 0.29) is 0 Å². The van der Waals surface area contributed by atoms with Crippen LogP contribution in [0, 0.1) is 5.92 Å². The van der Waals surface area contributed by atoms with Crippen LogP contribution in [0.2, 0.25) is 0 Å². The molecule has 0 saturated heterocycles. The molecule has 0 heterocycles. The summed E-state index contributed by atoms with van der Waals surface area (Å²) in [6.07, 6.45) is 3.29. The Morgan fingerprint density at radius 3 is 2.62 bits per heavy atom. The number of hydrogen-bond donors (Lipinski definition) is 1. The maximum Gasteiger partial charge on any atom is 0.244 e. The number of rotatable bonds is 2. The first kappa shape index (κ1) is 12.8. The van der Waals surface area contributed by atoms with E-state index in [0.29, 0.717) is 0 Å². The van der Waals surface area contributed by atoms with Crippen LogP contribution in [0.3, 0.4) is 0 Å². The smallest absolute Gasteiger partial charge is 0.244 e. The molecule has 1 rings (SSSR count). The number of carbonyl (C=O) groups excluding carboxylic acids is 1. The summed E-state index contributed by atoms with van der Waals surface area (Å²) in [6.45, 7) is 1.07. The van der Waals surface area contributed by atoms with Gasteiger partial charge in [-0.1, -0.05) is 0 Å². The Kier molecular flexibility index (Phi) is 3.18. The van der Waals surface area contributed by atoms with Crippen molar-refractivity contribution in [2.24, 2.45) is 5.92 Å². The van der Waals surface area contributed by atoms with E-state index in [4.69, 9.17) is 0 Å². The maximum atomic E-state index is 13.8. The Balaban J connectivity index is 2.95. The quantitative estimate of drug-likeness (QED) is 0.790.